The van der Waals surface area contributed by atoms with Crippen molar-refractivity contribution >= 4 is 12.0 Å². The van der Waals surface area contributed by atoms with Crippen LogP contribution in [-0.4, -0.2) is 41.7 Å². The van der Waals surface area contributed by atoms with Crippen LogP contribution in [0.4, 0.5) is 4.79 Å². The summed E-state index contributed by atoms with van der Waals surface area (Å²) in [5.41, 5.74) is 0.856. The molecule has 1 aliphatic rings. The summed E-state index contributed by atoms with van der Waals surface area (Å²) in [7, 11) is 1.57. The number of carboxylic acids is 1. The van der Waals surface area contributed by atoms with E-state index in [0.29, 0.717) is 25.3 Å². The largest absolute Gasteiger partial charge is 0.496 e. The van der Waals surface area contributed by atoms with Crippen LogP contribution in [0.3, 0.4) is 0 Å². The lowest BCUT2D eigenvalue weighted by atomic mass is 10.2. The van der Waals surface area contributed by atoms with Crippen LogP contribution in [-0.2, 0) is 11.3 Å². The first kappa shape index (κ1) is 14.2. The van der Waals surface area contributed by atoms with Gasteiger partial charge in [-0.3, -0.25) is 0 Å². The number of ether oxygens (including phenoxy) is 1. The second-order valence-electron chi connectivity index (χ2n) is 4.66. The Hall–Kier alpha value is -2.24. The van der Waals surface area contributed by atoms with Gasteiger partial charge in [0, 0.05) is 18.7 Å². The molecule has 0 unspecified atom stereocenters. The van der Waals surface area contributed by atoms with Gasteiger partial charge in [-0.25, -0.2) is 9.59 Å². The lowest BCUT2D eigenvalue weighted by Crippen LogP contribution is -2.45. The van der Waals surface area contributed by atoms with Gasteiger partial charge in [0.15, 0.2) is 0 Å². The number of rotatable bonds is 4. The van der Waals surface area contributed by atoms with Gasteiger partial charge in [0.2, 0.25) is 0 Å². The highest BCUT2D eigenvalue weighted by atomic mass is 16.5. The number of nitrogens with zero attached hydrogens (tertiary/aromatic N) is 1. The van der Waals surface area contributed by atoms with Gasteiger partial charge in [0.25, 0.3) is 0 Å². The molecule has 2 N–H and O–H groups in total. The SMILES string of the molecule is COc1ccccc1CNC(=O)N1CCC[C@@H]1C(=O)O. The topological polar surface area (TPSA) is 78.9 Å². The van der Waals surface area contributed by atoms with Crippen molar-refractivity contribution in [3.8, 4) is 5.75 Å². The van der Waals surface area contributed by atoms with E-state index in [1.165, 1.54) is 4.90 Å². The van der Waals surface area contributed by atoms with Crippen LogP contribution in [0.1, 0.15) is 18.4 Å². The summed E-state index contributed by atoms with van der Waals surface area (Å²) in [5.74, 6) is -0.251. The Balaban J connectivity index is 1.97. The molecule has 0 saturated carbocycles. The van der Waals surface area contributed by atoms with E-state index in [-0.39, 0.29) is 6.03 Å². The number of methoxy groups -OCH3 is 1. The molecule has 0 spiro atoms. The first-order chi connectivity index (χ1) is 9.63. The van der Waals surface area contributed by atoms with E-state index in [1.54, 1.807) is 7.11 Å². The number of amides is 2. The molecular weight excluding hydrogens is 260 g/mol. The van der Waals surface area contributed by atoms with Crippen LogP contribution >= 0.6 is 0 Å². The Morgan fingerprint density at radius 1 is 1.45 bits per heavy atom. The van der Waals surface area contributed by atoms with E-state index < -0.39 is 12.0 Å². The number of nitrogens with one attached hydrogen (secondary N) is 1. The van der Waals surface area contributed by atoms with Gasteiger partial charge in [-0.05, 0) is 18.9 Å². The van der Waals surface area contributed by atoms with Crippen LogP contribution in [0.2, 0.25) is 0 Å². The Bertz CT molecular complexity index is 504. The first-order valence-electron chi connectivity index (χ1n) is 6.52. The fourth-order valence-corrected chi connectivity index (χ4v) is 2.39. The number of hydrogen-bond donors (Lipinski definition) is 2. The fraction of sp³-hybridized carbons (Fsp3) is 0.429. The summed E-state index contributed by atoms with van der Waals surface area (Å²) in [6.07, 6.45) is 1.23. The van der Waals surface area contributed by atoms with Gasteiger partial charge in [-0.15, -0.1) is 0 Å². The predicted molar refractivity (Wildman–Crippen MR) is 72.6 cm³/mol. The normalized spacial score (nSPS) is 17.9. The molecule has 6 heteroatoms. The molecule has 1 fully saturated rings. The summed E-state index contributed by atoms with van der Waals surface area (Å²) in [5, 5.41) is 11.8. The van der Waals surface area contributed by atoms with Gasteiger partial charge in [-0.1, -0.05) is 18.2 Å². The molecule has 1 saturated heterocycles. The monoisotopic (exact) mass is 278 g/mol. The van der Waals surface area contributed by atoms with Crippen molar-refractivity contribution in [2.24, 2.45) is 0 Å². The maximum Gasteiger partial charge on any atom is 0.326 e. The van der Waals surface area contributed by atoms with Gasteiger partial charge in [0.1, 0.15) is 11.8 Å². The third-order valence-corrected chi connectivity index (χ3v) is 3.42. The highest BCUT2D eigenvalue weighted by Gasteiger charge is 2.33. The minimum atomic E-state index is -0.949. The molecule has 0 aliphatic carbocycles. The quantitative estimate of drug-likeness (QED) is 0.873. The fourth-order valence-electron chi connectivity index (χ4n) is 2.39. The summed E-state index contributed by atoms with van der Waals surface area (Å²) in [6.45, 7) is 0.792. The summed E-state index contributed by atoms with van der Waals surface area (Å²) >= 11 is 0. The van der Waals surface area contributed by atoms with E-state index >= 15 is 0 Å². The lowest BCUT2D eigenvalue weighted by Gasteiger charge is -2.22. The van der Waals surface area contributed by atoms with Gasteiger partial charge in [0.05, 0.1) is 7.11 Å². The number of carboxylic acid groups (broad SMARTS) is 1. The third kappa shape index (κ3) is 3.01. The highest BCUT2D eigenvalue weighted by molar-refractivity contribution is 5.83. The van der Waals surface area contributed by atoms with Crippen molar-refractivity contribution in [3.63, 3.8) is 0 Å². The lowest BCUT2D eigenvalue weighted by molar-refractivity contribution is -0.141. The predicted octanol–water partition coefficient (Wildman–Crippen LogP) is 1.45. The number of urea groups is 1. The smallest absolute Gasteiger partial charge is 0.326 e. The van der Waals surface area contributed by atoms with Crippen LogP contribution < -0.4 is 10.1 Å². The summed E-state index contributed by atoms with van der Waals surface area (Å²) < 4.78 is 5.20. The summed E-state index contributed by atoms with van der Waals surface area (Å²) in [4.78, 5) is 24.5. The molecular formula is C14H18N2O4. The van der Waals surface area contributed by atoms with E-state index in [1.807, 2.05) is 24.3 Å². The van der Waals surface area contributed by atoms with Crippen molar-refractivity contribution in [3.05, 3.63) is 29.8 Å². The minimum Gasteiger partial charge on any atom is -0.496 e. The maximum absolute atomic E-state index is 12.0. The average Bonchev–Trinajstić information content (AvgIpc) is 2.94. The van der Waals surface area contributed by atoms with Gasteiger partial charge >= 0.3 is 12.0 Å². The minimum absolute atomic E-state index is 0.311. The number of aliphatic carboxylic acids is 1. The zero-order chi connectivity index (χ0) is 14.5. The second-order valence-corrected chi connectivity index (χ2v) is 4.66. The zero-order valence-electron chi connectivity index (χ0n) is 11.3. The van der Waals surface area contributed by atoms with Crippen LogP contribution in [0.25, 0.3) is 0 Å². The highest BCUT2D eigenvalue weighted by Crippen LogP contribution is 2.19. The number of carbonyl (C=O) groups is 2. The van der Waals surface area contributed by atoms with Crippen molar-refractivity contribution in [2.75, 3.05) is 13.7 Å². The molecule has 1 aromatic rings. The van der Waals surface area contributed by atoms with E-state index in [9.17, 15) is 9.59 Å². The van der Waals surface area contributed by atoms with Crippen molar-refractivity contribution in [1.82, 2.24) is 10.2 Å². The summed E-state index contributed by atoms with van der Waals surface area (Å²) in [6, 6.07) is 6.33. The van der Waals surface area contributed by atoms with E-state index in [0.717, 1.165) is 12.0 Å². The van der Waals surface area contributed by atoms with E-state index in [2.05, 4.69) is 5.32 Å². The molecule has 6 nitrogen and oxygen atoms in total. The maximum atomic E-state index is 12.0. The molecule has 1 aromatic carbocycles. The molecule has 1 aliphatic heterocycles. The molecule has 0 aromatic heterocycles. The van der Waals surface area contributed by atoms with Crippen LogP contribution in [0.15, 0.2) is 24.3 Å². The molecule has 1 atom stereocenters. The molecule has 2 amide bonds. The molecule has 0 bridgehead atoms. The Morgan fingerprint density at radius 2 is 2.20 bits per heavy atom. The number of hydrogen-bond acceptors (Lipinski definition) is 3. The number of benzene rings is 1. The van der Waals surface area contributed by atoms with Crippen molar-refractivity contribution in [1.29, 1.82) is 0 Å². The first-order valence-corrected chi connectivity index (χ1v) is 6.52. The molecule has 20 heavy (non-hydrogen) atoms. The molecule has 1 heterocycles. The second kappa shape index (κ2) is 6.27. The average molecular weight is 278 g/mol. The van der Waals surface area contributed by atoms with Crippen LogP contribution in [0.5, 0.6) is 5.75 Å². The van der Waals surface area contributed by atoms with Crippen molar-refractivity contribution in [2.45, 2.75) is 25.4 Å². The van der Waals surface area contributed by atoms with Crippen LogP contribution in [0, 0.1) is 0 Å². The molecule has 2 rings (SSSR count). The molecule has 0 radical (unpaired) electrons. The van der Waals surface area contributed by atoms with Gasteiger partial charge in [-0.2, -0.15) is 0 Å². The number of para-hydroxylation sites is 1. The van der Waals surface area contributed by atoms with Crippen molar-refractivity contribution < 1.29 is 19.4 Å². The standard InChI is InChI=1S/C14H18N2O4/c1-20-12-7-3-2-5-10(12)9-15-14(19)16-8-4-6-11(16)13(17)18/h2-3,5,7,11H,4,6,8-9H2,1H3,(H,15,19)(H,17,18)/t11-/m1/s1. The Kier molecular flexibility index (Phi) is 4.45. The zero-order valence-corrected chi connectivity index (χ0v) is 11.3. The Morgan fingerprint density at radius 3 is 2.90 bits per heavy atom. The number of carbonyl (C=O) groups excluding carboxylic acids is 1. The Labute approximate surface area is 117 Å². The third-order valence-electron chi connectivity index (χ3n) is 3.42. The van der Waals surface area contributed by atoms with Gasteiger partial charge < -0.3 is 20.1 Å². The number of likely N-dealkylation sites (tertiary alicyclic amines) is 1. The van der Waals surface area contributed by atoms with E-state index in [4.69, 9.17) is 9.84 Å². The molecule has 108 valence electrons.